The SMILES string of the molecule is COC(=O)c1ccc(F)c(-c2c(F)cc3c(c2F)OCCC3(C)O)n1. The normalized spacial score (nSPS) is 19.1. The summed E-state index contributed by atoms with van der Waals surface area (Å²) >= 11 is 0. The maximum Gasteiger partial charge on any atom is 0.356 e. The quantitative estimate of drug-likeness (QED) is 0.841. The Hall–Kier alpha value is -2.61. The predicted octanol–water partition coefficient (Wildman–Crippen LogP) is 2.94. The highest BCUT2D eigenvalue weighted by molar-refractivity contribution is 5.88. The first-order valence-electron chi connectivity index (χ1n) is 7.39. The zero-order chi connectivity index (χ0) is 18.4. The van der Waals surface area contributed by atoms with Crippen molar-refractivity contribution in [3.05, 3.63) is 46.9 Å². The van der Waals surface area contributed by atoms with Gasteiger partial charge >= 0.3 is 5.97 Å². The molecule has 0 saturated carbocycles. The van der Waals surface area contributed by atoms with Gasteiger partial charge in [0.25, 0.3) is 0 Å². The minimum absolute atomic E-state index is 0.0140. The van der Waals surface area contributed by atoms with Crippen molar-refractivity contribution in [2.24, 2.45) is 0 Å². The van der Waals surface area contributed by atoms with Crippen LogP contribution in [0.4, 0.5) is 13.2 Å². The number of benzene rings is 1. The summed E-state index contributed by atoms with van der Waals surface area (Å²) in [5, 5.41) is 10.3. The first-order valence-corrected chi connectivity index (χ1v) is 7.39. The third-order valence-electron chi connectivity index (χ3n) is 4.07. The van der Waals surface area contributed by atoms with E-state index in [0.29, 0.717) is 0 Å². The number of aromatic nitrogens is 1. The molecule has 1 aromatic heterocycles. The van der Waals surface area contributed by atoms with Crippen molar-refractivity contribution in [1.82, 2.24) is 4.98 Å². The molecule has 25 heavy (non-hydrogen) atoms. The number of nitrogens with zero attached hydrogens (tertiary/aromatic N) is 1. The van der Waals surface area contributed by atoms with Gasteiger partial charge in [-0.25, -0.2) is 22.9 Å². The molecular weight excluding hydrogens is 339 g/mol. The zero-order valence-electron chi connectivity index (χ0n) is 13.4. The van der Waals surface area contributed by atoms with Crippen LogP contribution in [0.1, 0.15) is 29.4 Å². The highest BCUT2D eigenvalue weighted by Gasteiger charge is 2.36. The average molecular weight is 353 g/mol. The van der Waals surface area contributed by atoms with Gasteiger partial charge in [0, 0.05) is 12.0 Å². The number of carbonyl (C=O) groups excluding carboxylic acids is 1. The number of pyridine rings is 1. The molecule has 8 heteroatoms. The number of rotatable bonds is 2. The summed E-state index contributed by atoms with van der Waals surface area (Å²) in [6.07, 6.45) is 0.155. The summed E-state index contributed by atoms with van der Waals surface area (Å²) in [6.45, 7) is 1.42. The van der Waals surface area contributed by atoms with Gasteiger partial charge in [0.15, 0.2) is 11.6 Å². The predicted molar refractivity (Wildman–Crippen MR) is 80.6 cm³/mol. The fourth-order valence-corrected chi connectivity index (χ4v) is 2.68. The molecule has 1 atom stereocenters. The van der Waals surface area contributed by atoms with E-state index in [0.717, 1.165) is 25.3 Å². The number of ether oxygens (including phenoxy) is 2. The fraction of sp³-hybridized carbons (Fsp3) is 0.294. The van der Waals surface area contributed by atoms with Crippen LogP contribution in [0.25, 0.3) is 11.3 Å². The molecule has 0 amide bonds. The Labute approximate surface area is 141 Å². The summed E-state index contributed by atoms with van der Waals surface area (Å²) in [7, 11) is 1.10. The number of hydrogen-bond donors (Lipinski definition) is 1. The number of halogens is 3. The molecule has 1 aliphatic rings. The van der Waals surface area contributed by atoms with Gasteiger partial charge in [-0.15, -0.1) is 0 Å². The minimum atomic E-state index is -1.48. The van der Waals surface area contributed by atoms with E-state index in [1.54, 1.807) is 0 Å². The monoisotopic (exact) mass is 353 g/mol. The van der Waals surface area contributed by atoms with Gasteiger partial charge in [0.1, 0.15) is 23.0 Å². The number of esters is 1. The Morgan fingerprint density at radius 3 is 2.72 bits per heavy atom. The van der Waals surface area contributed by atoms with Crippen LogP contribution in [0.5, 0.6) is 5.75 Å². The van der Waals surface area contributed by atoms with Crippen LogP contribution < -0.4 is 4.74 Å². The lowest BCUT2D eigenvalue weighted by atomic mass is 9.88. The fourth-order valence-electron chi connectivity index (χ4n) is 2.68. The molecule has 2 heterocycles. The molecule has 132 valence electrons. The molecule has 2 aromatic rings. The van der Waals surface area contributed by atoms with Crippen LogP contribution in [0.15, 0.2) is 18.2 Å². The van der Waals surface area contributed by atoms with Crippen LogP contribution in [0.3, 0.4) is 0 Å². The van der Waals surface area contributed by atoms with Crippen molar-refractivity contribution in [2.75, 3.05) is 13.7 Å². The third-order valence-corrected chi connectivity index (χ3v) is 4.07. The standard InChI is InChI=1S/C17H14F3NO4/c1-17(23)5-6-25-15-8(17)7-10(19)12(13(15)20)14-9(18)3-4-11(21-14)16(22)24-2/h3-4,7,23H,5-6H2,1-2H3. The molecule has 3 rings (SSSR count). The van der Waals surface area contributed by atoms with Crippen LogP contribution in [-0.2, 0) is 10.3 Å². The van der Waals surface area contributed by atoms with E-state index < -0.39 is 40.3 Å². The van der Waals surface area contributed by atoms with E-state index in [1.807, 2.05) is 0 Å². The topological polar surface area (TPSA) is 68.7 Å². The average Bonchev–Trinajstić information content (AvgIpc) is 2.56. The van der Waals surface area contributed by atoms with Crippen molar-refractivity contribution in [2.45, 2.75) is 18.9 Å². The Morgan fingerprint density at radius 2 is 2.04 bits per heavy atom. The lowest BCUT2D eigenvalue weighted by Crippen LogP contribution is -2.30. The molecule has 0 aliphatic carbocycles. The van der Waals surface area contributed by atoms with Gasteiger partial charge in [-0.3, -0.25) is 0 Å². The molecule has 1 unspecified atom stereocenters. The summed E-state index contributed by atoms with van der Waals surface area (Å²) < 4.78 is 53.2. The molecule has 0 bridgehead atoms. The van der Waals surface area contributed by atoms with Crippen LogP contribution in [-0.4, -0.2) is 29.8 Å². The van der Waals surface area contributed by atoms with E-state index in [1.165, 1.54) is 6.92 Å². The van der Waals surface area contributed by atoms with Crippen molar-refractivity contribution < 1.29 is 32.5 Å². The van der Waals surface area contributed by atoms with Crippen molar-refractivity contribution in [1.29, 1.82) is 0 Å². The second-order valence-corrected chi connectivity index (χ2v) is 5.81. The molecule has 1 aromatic carbocycles. The molecule has 5 nitrogen and oxygen atoms in total. The summed E-state index contributed by atoms with van der Waals surface area (Å²) in [5.41, 5.74) is -3.31. The third kappa shape index (κ3) is 2.82. The van der Waals surface area contributed by atoms with Gasteiger partial charge in [-0.1, -0.05) is 0 Å². The number of hydrogen-bond acceptors (Lipinski definition) is 5. The van der Waals surface area contributed by atoms with Crippen LogP contribution in [0.2, 0.25) is 0 Å². The molecule has 0 fully saturated rings. The first kappa shape index (κ1) is 17.2. The Balaban J connectivity index is 2.24. The molecule has 1 N–H and O–H groups in total. The van der Waals surface area contributed by atoms with Crippen molar-refractivity contribution >= 4 is 5.97 Å². The van der Waals surface area contributed by atoms with Gasteiger partial charge in [-0.2, -0.15) is 0 Å². The smallest absolute Gasteiger partial charge is 0.356 e. The van der Waals surface area contributed by atoms with Gasteiger partial charge in [0.2, 0.25) is 0 Å². The lowest BCUT2D eigenvalue weighted by molar-refractivity contribution is 0.0126. The van der Waals surface area contributed by atoms with Gasteiger partial charge in [0.05, 0.1) is 24.9 Å². The number of carbonyl (C=O) groups is 1. The summed E-state index contributed by atoms with van der Waals surface area (Å²) in [4.78, 5) is 15.2. The number of aliphatic hydroxyl groups is 1. The minimum Gasteiger partial charge on any atom is -0.490 e. The van der Waals surface area contributed by atoms with Gasteiger partial charge < -0.3 is 14.6 Å². The maximum absolute atomic E-state index is 14.8. The van der Waals surface area contributed by atoms with E-state index in [9.17, 15) is 23.1 Å². The first-order chi connectivity index (χ1) is 11.8. The van der Waals surface area contributed by atoms with E-state index in [4.69, 9.17) is 4.74 Å². The number of methoxy groups -OCH3 is 1. The number of fused-ring (bicyclic) bond motifs is 1. The van der Waals surface area contributed by atoms with E-state index in [-0.39, 0.29) is 30.0 Å². The summed E-state index contributed by atoms with van der Waals surface area (Å²) in [5.74, 6) is -4.58. The van der Waals surface area contributed by atoms with Crippen molar-refractivity contribution in [3.8, 4) is 17.0 Å². The second-order valence-electron chi connectivity index (χ2n) is 5.81. The van der Waals surface area contributed by atoms with Crippen molar-refractivity contribution in [3.63, 3.8) is 0 Å². The van der Waals surface area contributed by atoms with Crippen LogP contribution >= 0.6 is 0 Å². The summed E-state index contributed by atoms with van der Waals surface area (Å²) in [6, 6.07) is 2.79. The molecule has 1 aliphatic heterocycles. The molecule has 0 saturated heterocycles. The maximum atomic E-state index is 14.8. The largest absolute Gasteiger partial charge is 0.490 e. The highest BCUT2D eigenvalue weighted by Crippen LogP contribution is 2.43. The van der Waals surface area contributed by atoms with Crippen LogP contribution in [0, 0.1) is 17.5 Å². The Bertz CT molecular complexity index is 867. The van der Waals surface area contributed by atoms with E-state index in [2.05, 4.69) is 9.72 Å². The molecule has 0 radical (unpaired) electrons. The van der Waals surface area contributed by atoms with E-state index >= 15 is 0 Å². The molecular formula is C17H14F3NO4. The Morgan fingerprint density at radius 1 is 1.32 bits per heavy atom. The lowest BCUT2D eigenvalue weighted by Gasteiger charge is -2.31. The Kier molecular flexibility index (Phi) is 4.16. The highest BCUT2D eigenvalue weighted by atomic mass is 19.1. The van der Waals surface area contributed by atoms with Gasteiger partial charge in [-0.05, 0) is 25.1 Å². The molecule has 0 spiro atoms. The second kappa shape index (κ2) is 6.03. The zero-order valence-corrected chi connectivity index (χ0v) is 13.4.